The minimum absolute atomic E-state index is 0.000257. The summed E-state index contributed by atoms with van der Waals surface area (Å²) < 4.78 is 6.41. The van der Waals surface area contributed by atoms with Crippen molar-refractivity contribution < 1.29 is 9.32 Å². The van der Waals surface area contributed by atoms with Crippen LogP contribution in [-0.4, -0.2) is 39.0 Å². The van der Waals surface area contributed by atoms with Crippen molar-refractivity contribution in [3.8, 4) is 10.7 Å². The van der Waals surface area contributed by atoms with Gasteiger partial charge in [-0.25, -0.2) is 4.98 Å². The summed E-state index contributed by atoms with van der Waals surface area (Å²) >= 11 is 5.01. The van der Waals surface area contributed by atoms with E-state index in [1.165, 1.54) is 0 Å². The van der Waals surface area contributed by atoms with Gasteiger partial charge in [0.25, 0.3) is 0 Å². The molecule has 4 heterocycles. The van der Waals surface area contributed by atoms with E-state index < -0.39 is 0 Å². The summed E-state index contributed by atoms with van der Waals surface area (Å²) in [4.78, 5) is 24.4. The van der Waals surface area contributed by atoms with E-state index in [0.29, 0.717) is 24.1 Å². The van der Waals surface area contributed by atoms with E-state index in [4.69, 9.17) is 4.52 Å². The van der Waals surface area contributed by atoms with Crippen LogP contribution in [0.2, 0.25) is 0 Å². The minimum Gasteiger partial charge on any atom is -0.338 e. The van der Waals surface area contributed by atoms with Gasteiger partial charge in [0, 0.05) is 22.0 Å². The van der Waals surface area contributed by atoms with E-state index in [-0.39, 0.29) is 11.8 Å². The van der Waals surface area contributed by atoms with Crippen molar-refractivity contribution in [3.63, 3.8) is 0 Å². The number of aryl methyl sites for hydroxylation is 1. The summed E-state index contributed by atoms with van der Waals surface area (Å²) in [7, 11) is 0. The highest BCUT2D eigenvalue weighted by molar-refractivity contribution is 9.10. The van der Waals surface area contributed by atoms with Crippen LogP contribution in [0.4, 0.5) is 5.82 Å². The van der Waals surface area contributed by atoms with Crippen LogP contribution in [0.1, 0.15) is 24.3 Å². The Morgan fingerprint density at radius 1 is 1.39 bits per heavy atom. The van der Waals surface area contributed by atoms with Gasteiger partial charge in [-0.1, -0.05) is 5.16 Å². The number of pyridine rings is 1. The molecule has 9 heteroatoms. The molecule has 1 fully saturated rings. The van der Waals surface area contributed by atoms with E-state index in [1.807, 2.05) is 30.5 Å². The average molecular weight is 462 g/mol. The first-order valence-electron chi connectivity index (χ1n) is 9.10. The monoisotopic (exact) mass is 461 g/mol. The SMILES string of the molecule is Cc1ccnc(NC(=O)C2CCN(Cc3nc(-c4cc(Br)cs4)no3)CC2)c1. The molecule has 1 amide bonds. The Labute approximate surface area is 175 Å². The van der Waals surface area contributed by atoms with Crippen molar-refractivity contribution in [1.82, 2.24) is 20.0 Å². The van der Waals surface area contributed by atoms with Crippen LogP contribution in [0.3, 0.4) is 0 Å². The second-order valence-corrected chi connectivity index (χ2v) is 8.73. The molecule has 0 spiro atoms. The third kappa shape index (κ3) is 4.65. The van der Waals surface area contributed by atoms with E-state index in [2.05, 4.69) is 41.3 Å². The van der Waals surface area contributed by atoms with Crippen molar-refractivity contribution in [2.45, 2.75) is 26.3 Å². The lowest BCUT2D eigenvalue weighted by Crippen LogP contribution is -2.37. The molecule has 3 aromatic heterocycles. The number of nitrogens with zero attached hydrogens (tertiary/aromatic N) is 4. The number of likely N-dealkylation sites (tertiary alicyclic amines) is 1. The second kappa shape index (κ2) is 8.50. The number of halogens is 1. The van der Waals surface area contributed by atoms with Crippen molar-refractivity contribution in [2.75, 3.05) is 18.4 Å². The maximum Gasteiger partial charge on any atom is 0.241 e. The third-order valence-corrected chi connectivity index (χ3v) is 6.43. The quantitative estimate of drug-likeness (QED) is 0.615. The van der Waals surface area contributed by atoms with Crippen LogP contribution in [0.15, 0.2) is 38.8 Å². The maximum absolute atomic E-state index is 12.5. The number of rotatable bonds is 5. The minimum atomic E-state index is 0.000257. The predicted octanol–water partition coefficient (Wildman–Crippen LogP) is 4.11. The number of carbonyl (C=O) groups excluding carboxylic acids is 1. The standard InChI is InChI=1S/C19H20BrN5O2S/c1-12-2-5-21-16(8-12)22-19(26)13-3-6-25(7-4-13)10-17-23-18(24-27-17)15-9-14(20)11-28-15/h2,5,8-9,11,13H,3-4,6-7,10H2,1H3,(H,21,22,26). The summed E-state index contributed by atoms with van der Waals surface area (Å²) in [5.74, 6) is 1.88. The predicted molar refractivity (Wildman–Crippen MR) is 111 cm³/mol. The highest BCUT2D eigenvalue weighted by Gasteiger charge is 2.26. The van der Waals surface area contributed by atoms with Gasteiger partial charge < -0.3 is 9.84 Å². The molecule has 1 aliphatic heterocycles. The molecular weight excluding hydrogens is 442 g/mol. The number of aromatic nitrogens is 3. The van der Waals surface area contributed by atoms with Crippen LogP contribution < -0.4 is 5.32 Å². The van der Waals surface area contributed by atoms with Crippen LogP contribution in [-0.2, 0) is 11.3 Å². The van der Waals surface area contributed by atoms with Gasteiger partial charge >= 0.3 is 0 Å². The van der Waals surface area contributed by atoms with Crippen molar-refractivity contribution >= 4 is 39.0 Å². The Morgan fingerprint density at radius 2 is 2.21 bits per heavy atom. The van der Waals surface area contributed by atoms with Gasteiger partial charge in [0.2, 0.25) is 17.6 Å². The number of anilines is 1. The number of piperidine rings is 1. The average Bonchev–Trinajstić information content (AvgIpc) is 3.31. The largest absolute Gasteiger partial charge is 0.338 e. The molecular formula is C19H20BrN5O2S. The lowest BCUT2D eigenvalue weighted by atomic mass is 9.96. The first kappa shape index (κ1) is 19.2. The molecule has 0 unspecified atom stereocenters. The Hall–Kier alpha value is -2.10. The van der Waals surface area contributed by atoms with Crippen molar-refractivity contribution in [3.05, 3.63) is 45.7 Å². The highest BCUT2D eigenvalue weighted by Crippen LogP contribution is 2.28. The fourth-order valence-electron chi connectivity index (χ4n) is 3.23. The molecule has 0 atom stereocenters. The third-order valence-electron chi connectivity index (χ3n) is 4.74. The van der Waals surface area contributed by atoms with Gasteiger partial charge in [-0.15, -0.1) is 11.3 Å². The smallest absolute Gasteiger partial charge is 0.241 e. The van der Waals surface area contributed by atoms with Gasteiger partial charge in [0.15, 0.2) is 0 Å². The normalized spacial score (nSPS) is 15.6. The van der Waals surface area contributed by atoms with Crippen LogP contribution >= 0.6 is 27.3 Å². The molecule has 0 aromatic carbocycles. The number of thiophene rings is 1. The van der Waals surface area contributed by atoms with Crippen LogP contribution in [0.25, 0.3) is 10.7 Å². The van der Waals surface area contributed by atoms with Crippen LogP contribution in [0, 0.1) is 12.8 Å². The summed E-state index contributed by atoms with van der Waals surface area (Å²) in [5, 5.41) is 8.99. The highest BCUT2D eigenvalue weighted by atomic mass is 79.9. The molecule has 0 radical (unpaired) electrons. The Kier molecular flexibility index (Phi) is 5.84. The molecule has 4 rings (SSSR count). The summed E-state index contributed by atoms with van der Waals surface area (Å²) in [6.45, 7) is 4.23. The topological polar surface area (TPSA) is 84.2 Å². The number of hydrogen-bond acceptors (Lipinski definition) is 7. The fourth-order valence-corrected chi connectivity index (χ4v) is 4.58. The lowest BCUT2D eigenvalue weighted by Gasteiger charge is -2.30. The maximum atomic E-state index is 12.5. The van der Waals surface area contributed by atoms with Gasteiger partial charge in [0.05, 0.1) is 11.4 Å². The lowest BCUT2D eigenvalue weighted by molar-refractivity contribution is -0.121. The Balaban J connectivity index is 1.28. The molecule has 0 saturated carbocycles. The van der Waals surface area contributed by atoms with E-state index >= 15 is 0 Å². The van der Waals surface area contributed by atoms with Gasteiger partial charge in [-0.2, -0.15) is 4.98 Å². The zero-order chi connectivity index (χ0) is 19.5. The van der Waals surface area contributed by atoms with E-state index in [9.17, 15) is 4.79 Å². The fraction of sp³-hybridized carbons (Fsp3) is 0.368. The number of carbonyl (C=O) groups is 1. The van der Waals surface area contributed by atoms with Crippen molar-refractivity contribution in [2.24, 2.45) is 5.92 Å². The molecule has 3 aromatic rings. The molecule has 0 bridgehead atoms. The van der Waals surface area contributed by atoms with E-state index in [1.54, 1.807) is 17.5 Å². The second-order valence-electron chi connectivity index (χ2n) is 6.90. The Morgan fingerprint density at radius 3 is 2.93 bits per heavy atom. The van der Waals surface area contributed by atoms with Crippen molar-refractivity contribution in [1.29, 1.82) is 0 Å². The summed E-state index contributed by atoms with van der Waals surface area (Å²) in [5.41, 5.74) is 1.08. The number of nitrogens with one attached hydrogen (secondary N) is 1. The molecule has 1 saturated heterocycles. The zero-order valence-corrected chi connectivity index (χ0v) is 17.8. The molecule has 28 heavy (non-hydrogen) atoms. The molecule has 1 N–H and O–H groups in total. The molecule has 146 valence electrons. The van der Waals surface area contributed by atoms with Gasteiger partial charge in [-0.3, -0.25) is 9.69 Å². The number of hydrogen-bond donors (Lipinski definition) is 1. The van der Waals surface area contributed by atoms with Crippen LogP contribution in [0.5, 0.6) is 0 Å². The molecule has 0 aliphatic carbocycles. The Bertz CT molecular complexity index is 965. The number of amides is 1. The molecule has 1 aliphatic rings. The van der Waals surface area contributed by atoms with E-state index in [0.717, 1.165) is 40.8 Å². The summed E-state index contributed by atoms with van der Waals surface area (Å²) in [6.07, 6.45) is 3.31. The molecule has 7 nitrogen and oxygen atoms in total. The van der Waals surface area contributed by atoms with Gasteiger partial charge in [-0.05, 0) is 72.5 Å². The zero-order valence-electron chi connectivity index (χ0n) is 15.4. The first-order valence-corrected chi connectivity index (χ1v) is 10.8. The van der Waals surface area contributed by atoms with Gasteiger partial charge in [0.1, 0.15) is 5.82 Å². The summed E-state index contributed by atoms with van der Waals surface area (Å²) in [6, 6.07) is 5.77. The first-order chi connectivity index (χ1) is 13.6.